The van der Waals surface area contributed by atoms with Crippen LogP contribution < -0.4 is 5.32 Å². The molecule has 2 atom stereocenters. The van der Waals surface area contributed by atoms with Crippen LogP contribution in [-0.2, 0) is 9.59 Å². The van der Waals surface area contributed by atoms with Gasteiger partial charge in [-0.1, -0.05) is 34.6 Å². The summed E-state index contributed by atoms with van der Waals surface area (Å²) in [5, 5.41) is 2.87. The van der Waals surface area contributed by atoms with Crippen LogP contribution >= 0.6 is 0 Å². The normalized spacial score (nSPS) is 24.3. The molecule has 110 valence electrons. The molecule has 19 heavy (non-hydrogen) atoms. The van der Waals surface area contributed by atoms with Gasteiger partial charge < -0.3 is 10.2 Å². The van der Waals surface area contributed by atoms with E-state index >= 15 is 0 Å². The van der Waals surface area contributed by atoms with Crippen molar-refractivity contribution in [2.24, 2.45) is 5.92 Å². The van der Waals surface area contributed by atoms with E-state index in [2.05, 4.69) is 33.0 Å². The molecule has 1 rings (SSSR count). The summed E-state index contributed by atoms with van der Waals surface area (Å²) in [4.78, 5) is 26.7. The van der Waals surface area contributed by atoms with Crippen LogP contribution in [0.2, 0.25) is 0 Å². The number of hydrogen-bond acceptors (Lipinski definition) is 2. The molecule has 1 N–H and O–H groups in total. The highest BCUT2D eigenvalue weighted by Gasteiger charge is 2.42. The minimum atomic E-state index is -0.337. The Balaban J connectivity index is 3.03. The Morgan fingerprint density at radius 2 is 1.74 bits per heavy atom. The summed E-state index contributed by atoms with van der Waals surface area (Å²) in [6, 6.07) is -0.451. The van der Waals surface area contributed by atoms with Crippen LogP contribution in [0, 0.1) is 5.92 Å². The van der Waals surface area contributed by atoms with E-state index in [9.17, 15) is 9.59 Å². The van der Waals surface area contributed by atoms with Crippen molar-refractivity contribution >= 4 is 11.8 Å². The third-order valence-corrected chi connectivity index (χ3v) is 3.95. The average Bonchev–Trinajstić information content (AvgIpc) is 2.37. The number of nitrogens with zero attached hydrogens (tertiary/aromatic N) is 1. The van der Waals surface area contributed by atoms with Gasteiger partial charge in [0.05, 0.1) is 0 Å². The Kier molecular flexibility index (Phi) is 5.83. The summed E-state index contributed by atoms with van der Waals surface area (Å²) in [7, 11) is 0. The zero-order valence-electron chi connectivity index (χ0n) is 12.9. The van der Waals surface area contributed by atoms with E-state index in [4.69, 9.17) is 0 Å². The molecule has 0 radical (unpaired) electrons. The third kappa shape index (κ3) is 3.48. The Labute approximate surface area is 116 Å². The van der Waals surface area contributed by atoms with Gasteiger partial charge >= 0.3 is 0 Å². The first kappa shape index (κ1) is 16.0. The molecule has 2 unspecified atom stereocenters. The van der Waals surface area contributed by atoms with Crippen LogP contribution in [-0.4, -0.2) is 34.8 Å². The quantitative estimate of drug-likeness (QED) is 0.803. The molecular formula is C15H28N2O2. The van der Waals surface area contributed by atoms with E-state index in [1.807, 2.05) is 11.8 Å². The van der Waals surface area contributed by atoms with Gasteiger partial charge in [-0.15, -0.1) is 0 Å². The fraction of sp³-hybridized carbons (Fsp3) is 0.867. The zero-order chi connectivity index (χ0) is 14.6. The highest BCUT2D eigenvalue weighted by atomic mass is 16.2. The second kappa shape index (κ2) is 6.92. The van der Waals surface area contributed by atoms with Gasteiger partial charge in [0.1, 0.15) is 12.1 Å². The standard InChI is InChI=1S/C15H28N2O2/c1-6-11(7-2)17-13(9-10(4)5)14(18)16-12(8-3)15(17)19/h10-13H,6-9H2,1-5H3,(H,16,18). The first-order valence-electron chi connectivity index (χ1n) is 7.58. The maximum absolute atomic E-state index is 12.6. The predicted molar refractivity (Wildman–Crippen MR) is 76.7 cm³/mol. The topological polar surface area (TPSA) is 49.4 Å². The molecule has 4 heteroatoms. The molecule has 0 saturated carbocycles. The number of amides is 2. The molecule has 1 aliphatic heterocycles. The van der Waals surface area contributed by atoms with Crippen LogP contribution in [0.5, 0.6) is 0 Å². The molecular weight excluding hydrogens is 240 g/mol. The van der Waals surface area contributed by atoms with Crippen LogP contribution in [0.4, 0.5) is 0 Å². The van der Waals surface area contributed by atoms with Crippen molar-refractivity contribution in [3.63, 3.8) is 0 Å². The minimum absolute atomic E-state index is 0.0204. The van der Waals surface area contributed by atoms with Gasteiger partial charge in [-0.05, 0) is 31.6 Å². The van der Waals surface area contributed by atoms with E-state index in [-0.39, 0.29) is 29.9 Å². The summed E-state index contributed by atoms with van der Waals surface area (Å²) in [5.41, 5.74) is 0. The van der Waals surface area contributed by atoms with Gasteiger partial charge in [0.15, 0.2) is 0 Å². The zero-order valence-corrected chi connectivity index (χ0v) is 12.9. The van der Waals surface area contributed by atoms with Crippen molar-refractivity contribution in [2.45, 2.75) is 78.4 Å². The largest absolute Gasteiger partial charge is 0.343 e. The van der Waals surface area contributed by atoms with Crippen molar-refractivity contribution in [2.75, 3.05) is 0 Å². The molecule has 1 fully saturated rings. The van der Waals surface area contributed by atoms with Gasteiger partial charge in [0.25, 0.3) is 0 Å². The van der Waals surface area contributed by atoms with Crippen molar-refractivity contribution in [3.8, 4) is 0 Å². The summed E-state index contributed by atoms with van der Waals surface area (Å²) >= 11 is 0. The Hall–Kier alpha value is -1.06. The van der Waals surface area contributed by atoms with Crippen LogP contribution in [0.25, 0.3) is 0 Å². The van der Waals surface area contributed by atoms with E-state index < -0.39 is 0 Å². The molecule has 0 aromatic carbocycles. The lowest BCUT2D eigenvalue weighted by Crippen LogP contribution is -2.65. The Morgan fingerprint density at radius 3 is 2.16 bits per heavy atom. The highest BCUT2D eigenvalue weighted by Crippen LogP contribution is 2.23. The second-order valence-corrected chi connectivity index (χ2v) is 5.83. The van der Waals surface area contributed by atoms with Gasteiger partial charge in [-0.2, -0.15) is 0 Å². The molecule has 4 nitrogen and oxygen atoms in total. The first-order valence-corrected chi connectivity index (χ1v) is 7.58. The van der Waals surface area contributed by atoms with Crippen LogP contribution in [0.15, 0.2) is 0 Å². The van der Waals surface area contributed by atoms with E-state index in [0.717, 1.165) is 19.3 Å². The van der Waals surface area contributed by atoms with E-state index in [1.165, 1.54) is 0 Å². The fourth-order valence-corrected chi connectivity index (χ4v) is 2.85. The Morgan fingerprint density at radius 1 is 1.16 bits per heavy atom. The first-order chi connectivity index (χ1) is 8.96. The molecule has 1 saturated heterocycles. The van der Waals surface area contributed by atoms with Crippen molar-refractivity contribution in [3.05, 3.63) is 0 Å². The van der Waals surface area contributed by atoms with Crippen LogP contribution in [0.1, 0.15) is 60.3 Å². The van der Waals surface area contributed by atoms with Gasteiger partial charge in [-0.3, -0.25) is 9.59 Å². The van der Waals surface area contributed by atoms with Gasteiger partial charge in [0.2, 0.25) is 11.8 Å². The molecule has 2 amide bonds. The molecule has 1 aliphatic rings. The van der Waals surface area contributed by atoms with Gasteiger partial charge in [0, 0.05) is 6.04 Å². The number of hydrogen-bond donors (Lipinski definition) is 1. The maximum atomic E-state index is 12.6. The number of carbonyl (C=O) groups is 2. The fourth-order valence-electron chi connectivity index (χ4n) is 2.85. The summed E-state index contributed by atoms with van der Waals surface area (Å²) in [6.45, 7) is 10.3. The lowest BCUT2D eigenvalue weighted by molar-refractivity contribution is -0.153. The summed E-state index contributed by atoms with van der Waals surface area (Å²) in [6.07, 6.45) is 3.21. The molecule has 0 aromatic heterocycles. The Bertz CT molecular complexity index is 324. The smallest absolute Gasteiger partial charge is 0.246 e. The van der Waals surface area contributed by atoms with Crippen molar-refractivity contribution in [1.29, 1.82) is 0 Å². The van der Waals surface area contributed by atoms with Crippen molar-refractivity contribution < 1.29 is 9.59 Å². The number of nitrogens with one attached hydrogen (secondary N) is 1. The molecule has 0 bridgehead atoms. The third-order valence-electron chi connectivity index (χ3n) is 3.95. The average molecular weight is 268 g/mol. The number of rotatable bonds is 6. The van der Waals surface area contributed by atoms with Crippen LogP contribution in [0.3, 0.4) is 0 Å². The number of piperazine rings is 1. The maximum Gasteiger partial charge on any atom is 0.246 e. The highest BCUT2D eigenvalue weighted by molar-refractivity contribution is 5.97. The van der Waals surface area contributed by atoms with E-state index in [0.29, 0.717) is 12.3 Å². The minimum Gasteiger partial charge on any atom is -0.343 e. The summed E-state index contributed by atoms with van der Waals surface area (Å²) < 4.78 is 0. The lowest BCUT2D eigenvalue weighted by Gasteiger charge is -2.43. The molecule has 0 spiro atoms. The number of carbonyl (C=O) groups excluding carboxylic acids is 2. The predicted octanol–water partition coefficient (Wildman–Crippen LogP) is 2.33. The molecule has 1 heterocycles. The van der Waals surface area contributed by atoms with E-state index in [1.54, 1.807) is 0 Å². The monoisotopic (exact) mass is 268 g/mol. The second-order valence-electron chi connectivity index (χ2n) is 5.83. The van der Waals surface area contributed by atoms with Gasteiger partial charge in [-0.25, -0.2) is 0 Å². The molecule has 0 aromatic rings. The SMILES string of the molecule is CCC1NC(=O)C(CC(C)C)N(C(CC)CC)C1=O. The summed E-state index contributed by atoms with van der Waals surface area (Å²) in [5.74, 6) is 0.520. The van der Waals surface area contributed by atoms with Crippen molar-refractivity contribution in [1.82, 2.24) is 10.2 Å². The molecule has 0 aliphatic carbocycles. The lowest BCUT2D eigenvalue weighted by atomic mass is 9.94.